The Hall–Kier alpha value is -1.41. The maximum atomic E-state index is 4.44. The fourth-order valence-electron chi connectivity index (χ4n) is 1.84. The van der Waals surface area contributed by atoms with Crippen LogP contribution < -0.4 is 0 Å². The second-order valence-electron chi connectivity index (χ2n) is 5.41. The lowest BCUT2D eigenvalue weighted by molar-refractivity contribution is 0.852. The molecule has 1 aromatic carbocycles. The molecule has 0 spiro atoms. The van der Waals surface area contributed by atoms with Gasteiger partial charge in [-0.15, -0.1) is 11.3 Å². The van der Waals surface area contributed by atoms with Gasteiger partial charge in [-0.1, -0.05) is 58.0 Å². The molecule has 100 valence electrons. The molecular formula is C17H21NS. The van der Waals surface area contributed by atoms with Crippen LogP contribution in [0, 0.1) is 0 Å². The first-order valence-electron chi connectivity index (χ1n) is 6.80. The van der Waals surface area contributed by atoms with Gasteiger partial charge in [0.2, 0.25) is 0 Å². The average Bonchev–Trinajstić information content (AvgIpc) is 2.85. The smallest absolute Gasteiger partial charge is 0.0956 e. The lowest BCUT2D eigenvalue weighted by atomic mass is 10.0. The zero-order valence-corrected chi connectivity index (χ0v) is 12.9. The van der Waals surface area contributed by atoms with Crippen molar-refractivity contribution in [2.45, 2.75) is 39.5 Å². The van der Waals surface area contributed by atoms with Crippen LogP contribution in [0.2, 0.25) is 0 Å². The average molecular weight is 271 g/mol. The van der Waals surface area contributed by atoms with E-state index in [1.807, 2.05) is 6.20 Å². The molecule has 0 aliphatic heterocycles. The summed E-state index contributed by atoms with van der Waals surface area (Å²) in [5, 5.41) is 1.20. The van der Waals surface area contributed by atoms with E-state index in [1.54, 1.807) is 11.3 Å². The summed E-state index contributed by atoms with van der Waals surface area (Å²) in [6.45, 7) is 8.80. The van der Waals surface area contributed by atoms with E-state index in [4.69, 9.17) is 0 Å². The van der Waals surface area contributed by atoms with E-state index in [9.17, 15) is 0 Å². The maximum absolute atomic E-state index is 4.44. The minimum absolute atomic E-state index is 0.511. The summed E-state index contributed by atoms with van der Waals surface area (Å²) in [4.78, 5) is 5.66. The highest BCUT2D eigenvalue weighted by atomic mass is 32.1. The van der Waals surface area contributed by atoms with Crippen molar-refractivity contribution in [1.29, 1.82) is 0 Å². The SMILES string of the molecule is CC(C)c1cccc(/C=C/c2cnc(C(C)C)s2)c1. The van der Waals surface area contributed by atoms with E-state index in [0.717, 1.165) is 0 Å². The van der Waals surface area contributed by atoms with Gasteiger partial charge < -0.3 is 0 Å². The molecule has 2 heteroatoms. The van der Waals surface area contributed by atoms with Crippen molar-refractivity contribution < 1.29 is 0 Å². The molecular weight excluding hydrogens is 250 g/mol. The molecule has 1 aromatic heterocycles. The molecule has 0 atom stereocenters. The molecule has 0 unspecified atom stereocenters. The van der Waals surface area contributed by atoms with Gasteiger partial charge in [0.05, 0.1) is 5.01 Å². The Morgan fingerprint density at radius 2 is 1.84 bits per heavy atom. The summed E-state index contributed by atoms with van der Waals surface area (Å²) < 4.78 is 0. The van der Waals surface area contributed by atoms with E-state index in [1.165, 1.54) is 21.0 Å². The Bertz CT molecular complexity index is 564. The van der Waals surface area contributed by atoms with Gasteiger partial charge in [-0.05, 0) is 23.1 Å². The molecule has 0 saturated heterocycles. The Morgan fingerprint density at radius 1 is 1.05 bits per heavy atom. The van der Waals surface area contributed by atoms with Crippen LogP contribution in [0.1, 0.15) is 60.5 Å². The van der Waals surface area contributed by atoms with Gasteiger partial charge in [0, 0.05) is 17.0 Å². The van der Waals surface area contributed by atoms with E-state index < -0.39 is 0 Å². The van der Waals surface area contributed by atoms with Crippen LogP contribution in [0.4, 0.5) is 0 Å². The maximum Gasteiger partial charge on any atom is 0.0956 e. The number of rotatable bonds is 4. The predicted octanol–water partition coefficient (Wildman–Crippen LogP) is 5.56. The molecule has 0 amide bonds. The van der Waals surface area contributed by atoms with Crippen molar-refractivity contribution in [2.75, 3.05) is 0 Å². The second-order valence-corrected chi connectivity index (χ2v) is 6.51. The number of hydrogen-bond donors (Lipinski definition) is 0. The van der Waals surface area contributed by atoms with Gasteiger partial charge >= 0.3 is 0 Å². The molecule has 0 fully saturated rings. The van der Waals surface area contributed by atoms with Crippen LogP contribution in [0.25, 0.3) is 12.2 Å². The van der Waals surface area contributed by atoms with Crippen molar-refractivity contribution >= 4 is 23.5 Å². The number of thiazole rings is 1. The fourth-order valence-corrected chi connectivity index (χ4v) is 2.67. The van der Waals surface area contributed by atoms with Crippen molar-refractivity contribution in [3.63, 3.8) is 0 Å². The first kappa shape index (κ1) is 14.0. The third kappa shape index (κ3) is 3.77. The van der Waals surface area contributed by atoms with Crippen LogP contribution >= 0.6 is 11.3 Å². The Balaban J connectivity index is 2.15. The van der Waals surface area contributed by atoms with Crippen LogP contribution in [-0.2, 0) is 0 Å². The van der Waals surface area contributed by atoms with E-state index in [0.29, 0.717) is 11.8 Å². The van der Waals surface area contributed by atoms with Gasteiger partial charge in [0.25, 0.3) is 0 Å². The van der Waals surface area contributed by atoms with Gasteiger partial charge in [0.15, 0.2) is 0 Å². The predicted molar refractivity (Wildman–Crippen MR) is 85.7 cm³/mol. The number of benzene rings is 1. The van der Waals surface area contributed by atoms with Crippen LogP contribution in [0.15, 0.2) is 30.5 Å². The van der Waals surface area contributed by atoms with Gasteiger partial charge in [-0.25, -0.2) is 4.98 Å². The molecule has 1 heterocycles. The van der Waals surface area contributed by atoms with Crippen LogP contribution in [-0.4, -0.2) is 4.98 Å². The summed E-state index contributed by atoms with van der Waals surface area (Å²) in [7, 11) is 0. The molecule has 0 bridgehead atoms. The molecule has 0 aliphatic rings. The standard InChI is InChI=1S/C17H21NS/c1-12(2)15-7-5-6-14(10-15)8-9-16-11-18-17(19-16)13(3)4/h5-13H,1-4H3/b9-8+. The Labute approximate surface area is 120 Å². The highest BCUT2D eigenvalue weighted by molar-refractivity contribution is 7.12. The topological polar surface area (TPSA) is 12.9 Å². The molecule has 0 radical (unpaired) electrons. The fraction of sp³-hybridized carbons (Fsp3) is 0.353. The van der Waals surface area contributed by atoms with Crippen LogP contribution in [0.3, 0.4) is 0 Å². The highest BCUT2D eigenvalue weighted by Gasteiger charge is 2.03. The quantitative estimate of drug-likeness (QED) is 0.709. The Kier molecular flexibility index (Phi) is 4.54. The Morgan fingerprint density at radius 3 is 2.47 bits per heavy atom. The molecule has 2 aromatic rings. The lowest BCUT2D eigenvalue weighted by Crippen LogP contribution is -1.86. The molecule has 0 aliphatic carbocycles. The zero-order valence-electron chi connectivity index (χ0n) is 12.1. The van der Waals surface area contributed by atoms with E-state index >= 15 is 0 Å². The monoisotopic (exact) mass is 271 g/mol. The zero-order chi connectivity index (χ0) is 13.8. The molecule has 19 heavy (non-hydrogen) atoms. The molecule has 0 N–H and O–H groups in total. The minimum Gasteiger partial charge on any atom is -0.249 e. The molecule has 2 rings (SSSR count). The summed E-state index contributed by atoms with van der Waals surface area (Å²) in [5.41, 5.74) is 2.64. The number of nitrogens with zero attached hydrogens (tertiary/aromatic N) is 1. The minimum atomic E-state index is 0.511. The van der Waals surface area contributed by atoms with E-state index in [2.05, 4.69) is 69.1 Å². The normalized spacial score (nSPS) is 11.9. The summed E-state index contributed by atoms with van der Waals surface area (Å²) in [5.74, 6) is 1.08. The van der Waals surface area contributed by atoms with Crippen LogP contribution in [0.5, 0.6) is 0 Å². The molecule has 0 saturated carbocycles. The van der Waals surface area contributed by atoms with E-state index in [-0.39, 0.29) is 0 Å². The lowest BCUT2D eigenvalue weighted by Gasteiger charge is -2.05. The van der Waals surface area contributed by atoms with Gasteiger partial charge in [0.1, 0.15) is 0 Å². The first-order valence-corrected chi connectivity index (χ1v) is 7.61. The van der Waals surface area contributed by atoms with Crippen molar-refractivity contribution in [1.82, 2.24) is 4.98 Å². The van der Waals surface area contributed by atoms with Gasteiger partial charge in [-0.3, -0.25) is 0 Å². The summed E-state index contributed by atoms with van der Waals surface area (Å²) in [6, 6.07) is 8.71. The highest BCUT2D eigenvalue weighted by Crippen LogP contribution is 2.23. The third-order valence-corrected chi connectivity index (χ3v) is 4.32. The third-order valence-electron chi connectivity index (χ3n) is 3.05. The van der Waals surface area contributed by atoms with Crippen molar-refractivity contribution in [3.05, 3.63) is 51.5 Å². The largest absolute Gasteiger partial charge is 0.249 e. The second kappa shape index (κ2) is 6.16. The summed E-state index contributed by atoms with van der Waals surface area (Å²) in [6.07, 6.45) is 6.29. The molecule has 1 nitrogen and oxygen atoms in total. The van der Waals surface area contributed by atoms with Gasteiger partial charge in [-0.2, -0.15) is 0 Å². The number of aromatic nitrogens is 1. The van der Waals surface area contributed by atoms with Crippen molar-refractivity contribution in [3.8, 4) is 0 Å². The summed E-state index contributed by atoms with van der Waals surface area (Å²) >= 11 is 1.77. The number of hydrogen-bond acceptors (Lipinski definition) is 2. The van der Waals surface area contributed by atoms with Crippen molar-refractivity contribution in [2.24, 2.45) is 0 Å². The first-order chi connectivity index (χ1) is 9.06.